The second-order valence-electron chi connectivity index (χ2n) is 5.13. The largest absolute Gasteiger partial charge is 1.00 e. The molecule has 7 nitrogen and oxygen atoms in total. The third kappa shape index (κ3) is 3.50. The summed E-state index contributed by atoms with van der Waals surface area (Å²) in [6, 6.07) is 1.06. The van der Waals surface area contributed by atoms with Crippen molar-refractivity contribution in [3.8, 4) is 11.1 Å². The molecule has 0 unspecified atom stereocenters. The maximum Gasteiger partial charge on any atom is 1.00 e. The number of carboxylic acids is 1. The number of rotatable bonds is 2. The van der Waals surface area contributed by atoms with Gasteiger partial charge in [-0.2, -0.15) is 0 Å². The zero-order valence-electron chi connectivity index (χ0n) is 13.0. The zero-order chi connectivity index (χ0) is 16.6. The monoisotopic (exact) mass is 354 g/mol. The van der Waals surface area contributed by atoms with Crippen molar-refractivity contribution in [3.63, 3.8) is 0 Å². The van der Waals surface area contributed by atoms with Crippen molar-refractivity contribution in [2.24, 2.45) is 5.73 Å². The summed E-state index contributed by atoms with van der Waals surface area (Å²) in [7, 11) is 0. The molecule has 3 rings (SSSR count). The van der Waals surface area contributed by atoms with Crippen molar-refractivity contribution in [2.45, 2.75) is 12.8 Å². The van der Waals surface area contributed by atoms with E-state index in [1.54, 1.807) is 6.07 Å². The summed E-state index contributed by atoms with van der Waals surface area (Å²) in [5.74, 6) is -2.16. The Morgan fingerprint density at radius 1 is 1.29 bits per heavy atom. The number of urea groups is 1. The van der Waals surface area contributed by atoms with E-state index in [0.29, 0.717) is 30.8 Å². The Morgan fingerprint density at radius 3 is 2.71 bits per heavy atom. The van der Waals surface area contributed by atoms with Crippen molar-refractivity contribution >= 4 is 17.8 Å². The molecule has 0 aliphatic carbocycles. The molecule has 3 heterocycles. The van der Waals surface area contributed by atoms with Gasteiger partial charge in [-0.25, -0.2) is 14.2 Å². The number of carboxylic acid groups (broad SMARTS) is 1. The molecule has 0 atom stereocenters. The molecule has 0 spiro atoms. The van der Waals surface area contributed by atoms with E-state index in [1.165, 1.54) is 17.3 Å². The summed E-state index contributed by atoms with van der Waals surface area (Å²) in [4.78, 5) is 31.8. The Hall–Kier alpha value is -1.39. The number of hydrogen-bond acceptors (Lipinski definition) is 5. The van der Waals surface area contributed by atoms with Crippen molar-refractivity contribution in [1.82, 2.24) is 9.97 Å². The first-order valence-electron chi connectivity index (χ1n) is 6.90. The molecule has 0 fully saturated rings. The summed E-state index contributed by atoms with van der Waals surface area (Å²) < 4.78 is 13.7. The summed E-state index contributed by atoms with van der Waals surface area (Å²) in [5.41, 5.74) is 5.96. The molecule has 1 aliphatic rings. The van der Waals surface area contributed by atoms with Gasteiger partial charge >= 0.3 is 57.4 Å². The Morgan fingerprint density at radius 2 is 2.04 bits per heavy atom. The van der Waals surface area contributed by atoms with Gasteiger partial charge < -0.3 is 15.6 Å². The molecule has 2 amide bonds. The first kappa shape index (κ1) is 18.9. The van der Waals surface area contributed by atoms with Gasteiger partial charge in [-0.1, -0.05) is 0 Å². The smallest absolute Gasteiger partial charge is 0.545 e. The number of primary amides is 1. The third-order valence-corrected chi connectivity index (χ3v) is 3.71. The van der Waals surface area contributed by atoms with E-state index in [-0.39, 0.29) is 56.9 Å². The fourth-order valence-corrected chi connectivity index (χ4v) is 2.69. The maximum atomic E-state index is 13.7. The minimum atomic E-state index is -1.63. The molecule has 24 heavy (non-hydrogen) atoms. The van der Waals surface area contributed by atoms with Crippen LogP contribution in [0.4, 0.5) is 15.0 Å². The summed E-state index contributed by atoms with van der Waals surface area (Å²) in [5, 5.41) is 11.2. The molecule has 0 bridgehead atoms. The van der Waals surface area contributed by atoms with Gasteiger partial charge in [-0.3, -0.25) is 9.88 Å². The standard InChI is InChI=1S/C15H13FN4O3.K/c16-11-7-18-6-10(12(11)14(21)22)9-4-8-2-1-3-20(15(17)23)13(8)19-5-9;/h4-7H,1-3H2,(H2,17,23)(H,21,22);/q;+1/p-1. The second-order valence-corrected chi connectivity index (χ2v) is 5.13. The average molecular weight is 354 g/mol. The molecule has 0 saturated carbocycles. The van der Waals surface area contributed by atoms with Crippen LogP contribution in [0.5, 0.6) is 0 Å². The normalized spacial score (nSPS) is 13.0. The number of carbonyl (C=O) groups excluding carboxylic acids is 2. The molecule has 0 saturated heterocycles. The average Bonchev–Trinajstić information content (AvgIpc) is 2.53. The van der Waals surface area contributed by atoms with Crippen LogP contribution in [0.1, 0.15) is 22.3 Å². The SMILES string of the molecule is NC(=O)N1CCCc2cc(-c3cncc(F)c3C(=O)[O-])cnc21.[K+]. The molecule has 2 aromatic heterocycles. The van der Waals surface area contributed by atoms with Crippen molar-refractivity contribution in [1.29, 1.82) is 0 Å². The van der Waals surface area contributed by atoms with Gasteiger partial charge in [0.25, 0.3) is 0 Å². The molecular formula is C15H12FKN4O3. The predicted octanol–water partition coefficient (Wildman–Crippen LogP) is -2.52. The maximum absolute atomic E-state index is 13.7. The van der Waals surface area contributed by atoms with Gasteiger partial charge in [0.2, 0.25) is 0 Å². The van der Waals surface area contributed by atoms with Crippen LogP contribution in [-0.4, -0.2) is 28.5 Å². The molecule has 2 aromatic rings. The van der Waals surface area contributed by atoms with Crippen LogP contribution in [0.15, 0.2) is 24.7 Å². The van der Waals surface area contributed by atoms with E-state index in [0.717, 1.165) is 11.8 Å². The van der Waals surface area contributed by atoms with Gasteiger partial charge in [-0.15, -0.1) is 0 Å². The number of aryl methyl sites for hydroxylation is 1. The number of halogens is 1. The van der Waals surface area contributed by atoms with Crippen molar-refractivity contribution < 1.29 is 70.5 Å². The van der Waals surface area contributed by atoms with Crippen molar-refractivity contribution in [3.05, 3.63) is 41.6 Å². The second kappa shape index (κ2) is 7.66. The van der Waals surface area contributed by atoms with Gasteiger partial charge in [0.15, 0.2) is 5.82 Å². The topological polar surface area (TPSA) is 112 Å². The van der Waals surface area contributed by atoms with E-state index in [4.69, 9.17) is 5.73 Å². The van der Waals surface area contributed by atoms with Crippen LogP contribution in [0.3, 0.4) is 0 Å². The van der Waals surface area contributed by atoms with E-state index in [1.807, 2.05) is 0 Å². The van der Waals surface area contributed by atoms with Gasteiger partial charge in [0, 0.05) is 35.6 Å². The molecule has 9 heteroatoms. The number of hydrogen-bond donors (Lipinski definition) is 1. The Balaban J connectivity index is 0.00000208. The van der Waals surface area contributed by atoms with Crippen LogP contribution in [0.2, 0.25) is 0 Å². The Bertz CT molecular complexity index is 815. The zero-order valence-corrected chi connectivity index (χ0v) is 16.1. The van der Waals surface area contributed by atoms with Gasteiger partial charge in [0.1, 0.15) is 5.82 Å². The van der Waals surface area contributed by atoms with Crippen molar-refractivity contribution in [2.75, 3.05) is 11.4 Å². The number of anilines is 1. The number of nitrogens with two attached hydrogens (primary N) is 1. The first-order chi connectivity index (χ1) is 11.0. The number of fused-ring (bicyclic) bond motifs is 1. The molecule has 0 aromatic carbocycles. The van der Waals surface area contributed by atoms with Crippen LogP contribution in [0, 0.1) is 5.82 Å². The summed E-state index contributed by atoms with van der Waals surface area (Å²) in [6.45, 7) is 0.473. The molecule has 1 aliphatic heterocycles. The van der Waals surface area contributed by atoms with Crippen LogP contribution < -0.4 is 67.1 Å². The number of aromatic carboxylic acids is 1. The van der Waals surface area contributed by atoms with Gasteiger partial charge in [-0.05, 0) is 24.5 Å². The van der Waals surface area contributed by atoms with Crippen LogP contribution in [-0.2, 0) is 6.42 Å². The minimum Gasteiger partial charge on any atom is -0.545 e. The van der Waals surface area contributed by atoms with Crippen LogP contribution >= 0.6 is 0 Å². The van der Waals surface area contributed by atoms with E-state index < -0.39 is 23.4 Å². The quantitative estimate of drug-likeness (QED) is 0.598. The van der Waals surface area contributed by atoms with Crippen LogP contribution in [0.25, 0.3) is 11.1 Å². The Labute approximate surface area is 179 Å². The fourth-order valence-electron chi connectivity index (χ4n) is 2.69. The van der Waals surface area contributed by atoms with E-state index in [2.05, 4.69) is 9.97 Å². The summed E-state index contributed by atoms with van der Waals surface area (Å²) in [6.07, 6.45) is 4.78. The number of carbonyl (C=O) groups is 2. The summed E-state index contributed by atoms with van der Waals surface area (Å²) >= 11 is 0. The molecular weight excluding hydrogens is 342 g/mol. The number of pyridine rings is 2. The van der Waals surface area contributed by atoms with E-state index in [9.17, 15) is 19.1 Å². The first-order valence-corrected chi connectivity index (χ1v) is 6.90. The fraction of sp³-hybridized carbons (Fsp3) is 0.200. The minimum absolute atomic E-state index is 0. The van der Waals surface area contributed by atoms with E-state index >= 15 is 0 Å². The number of nitrogens with zero attached hydrogens (tertiary/aromatic N) is 3. The predicted molar refractivity (Wildman–Crippen MR) is 77.0 cm³/mol. The molecule has 118 valence electrons. The molecule has 2 N–H and O–H groups in total. The third-order valence-electron chi connectivity index (χ3n) is 3.71. The Kier molecular flexibility index (Phi) is 6.05. The number of aromatic nitrogens is 2. The van der Waals surface area contributed by atoms with Gasteiger partial charge in [0.05, 0.1) is 12.2 Å². The number of amides is 2. The molecule has 0 radical (unpaired) electrons.